The molecule has 0 heterocycles. The van der Waals surface area contributed by atoms with Gasteiger partial charge in [0.2, 0.25) is 0 Å². The zero-order chi connectivity index (χ0) is 15.8. The van der Waals surface area contributed by atoms with Crippen LogP contribution < -0.4 is 21.5 Å². The van der Waals surface area contributed by atoms with Crippen molar-refractivity contribution in [3.05, 3.63) is 23.8 Å². The van der Waals surface area contributed by atoms with E-state index in [9.17, 15) is 9.59 Å². The number of hydrogen-bond donors (Lipinski definition) is 3. The molecule has 0 radical (unpaired) electrons. The molecule has 0 spiro atoms. The van der Waals surface area contributed by atoms with E-state index in [1.807, 2.05) is 0 Å². The molecule has 2 amide bonds. The Morgan fingerprint density at radius 2 is 2.05 bits per heavy atom. The second kappa shape index (κ2) is 8.14. The first-order chi connectivity index (χ1) is 9.97. The lowest BCUT2D eigenvalue weighted by Gasteiger charge is -2.17. The van der Waals surface area contributed by atoms with Crippen molar-refractivity contribution in [2.24, 2.45) is 5.73 Å². The molecule has 6 nitrogen and oxygen atoms in total. The summed E-state index contributed by atoms with van der Waals surface area (Å²) in [5, 5.41) is 2.78. The van der Waals surface area contributed by atoms with Crippen molar-refractivity contribution in [2.75, 3.05) is 12.3 Å². The molecule has 0 bridgehead atoms. The van der Waals surface area contributed by atoms with Crippen LogP contribution in [0.1, 0.15) is 43.5 Å². The Hall–Kier alpha value is -2.24. The number of amides is 2. The van der Waals surface area contributed by atoms with Crippen LogP contribution >= 0.6 is 0 Å². The molecule has 1 aromatic carbocycles. The number of para-hydroxylation sites is 1. The first-order valence-electron chi connectivity index (χ1n) is 7.10. The summed E-state index contributed by atoms with van der Waals surface area (Å²) in [4.78, 5) is 23.3. The number of carbonyl (C=O) groups is 2. The minimum absolute atomic E-state index is 0.154. The van der Waals surface area contributed by atoms with Gasteiger partial charge in [0, 0.05) is 6.54 Å². The third-order valence-electron chi connectivity index (χ3n) is 3.05. The summed E-state index contributed by atoms with van der Waals surface area (Å²) in [5.74, 6) is -0.737. The summed E-state index contributed by atoms with van der Waals surface area (Å²) in [6, 6.07) is 4.71. The highest BCUT2D eigenvalue weighted by atomic mass is 16.5. The van der Waals surface area contributed by atoms with Crippen molar-refractivity contribution < 1.29 is 14.3 Å². The van der Waals surface area contributed by atoms with Crippen LogP contribution in [-0.4, -0.2) is 24.5 Å². The van der Waals surface area contributed by atoms with Crippen LogP contribution in [0.15, 0.2) is 18.2 Å². The molecule has 0 aliphatic heterocycles. The van der Waals surface area contributed by atoms with Gasteiger partial charge in [0.05, 0.1) is 11.3 Å². The largest absolute Gasteiger partial charge is 0.478 e. The Morgan fingerprint density at radius 3 is 2.67 bits per heavy atom. The van der Waals surface area contributed by atoms with Gasteiger partial charge in [0.25, 0.3) is 11.8 Å². The highest BCUT2D eigenvalue weighted by Crippen LogP contribution is 2.27. The van der Waals surface area contributed by atoms with E-state index in [2.05, 4.69) is 12.2 Å². The van der Waals surface area contributed by atoms with Crippen LogP contribution in [0.5, 0.6) is 5.75 Å². The molecule has 0 aliphatic rings. The van der Waals surface area contributed by atoms with Gasteiger partial charge < -0.3 is 21.5 Å². The molecule has 0 saturated heterocycles. The van der Waals surface area contributed by atoms with Gasteiger partial charge in [-0.05, 0) is 25.5 Å². The quantitative estimate of drug-likeness (QED) is 0.498. The van der Waals surface area contributed by atoms with Crippen LogP contribution in [0.2, 0.25) is 0 Å². The van der Waals surface area contributed by atoms with E-state index in [1.165, 1.54) is 6.07 Å². The Balaban J connectivity index is 2.68. The summed E-state index contributed by atoms with van der Waals surface area (Å²) in [6.07, 6.45) is 2.32. The van der Waals surface area contributed by atoms with E-state index in [4.69, 9.17) is 16.2 Å². The SMILES string of the molecule is CCCCCNC(=O)C(C)Oc1c(N)cccc1C(N)=O. The van der Waals surface area contributed by atoms with E-state index >= 15 is 0 Å². The number of unbranched alkanes of at least 4 members (excludes halogenated alkanes) is 2. The highest BCUT2D eigenvalue weighted by molar-refractivity contribution is 5.97. The molecule has 1 rings (SSSR count). The number of benzene rings is 1. The van der Waals surface area contributed by atoms with E-state index in [1.54, 1.807) is 19.1 Å². The molecular weight excluding hydrogens is 270 g/mol. The smallest absolute Gasteiger partial charge is 0.260 e. The topological polar surface area (TPSA) is 107 Å². The Bertz CT molecular complexity index is 503. The molecule has 5 N–H and O–H groups in total. The lowest BCUT2D eigenvalue weighted by molar-refractivity contribution is -0.127. The van der Waals surface area contributed by atoms with Gasteiger partial charge in [-0.25, -0.2) is 0 Å². The van der Waals surface area contributed by atoms with Crippen molar-refractivity contribution in [1.82, 2.24) is 5.32 Å². The van der Waals surface area contributed by atoms with Gasteiger partial charge in [-0.15, -0.1) is 0 Å². The van der Waals surface area contributed by atoms with Crippen LogP contribution in [0, 0.1) is 0 Å². The lowest BCUT2D eigenvalue weighted by Crippen LogP contribution is -2.37. The number of nitrogen functional groups attached to an aromatic ring is 1. The maximum atomic E-state index is 11.9. The fourth-order valence-electron chi connectivity index (χ4n) is 1.84. The average Bonchev–Trinajstić information content (AvgIpc) is 2.45. The lowest BCUT2D eigenvalue weighted by atomic mass is 10.1. The predicted octanol–water partition coefficient (Wildman–Crippen LogP) is 1.44. The molecule has 21 heavy (non-hydrogen) atoms. The number of ether oxygens (including phenoxy) is 1. The van der Waals surface area contributed by atoms with Crippen molar-refractivity contribution in [3.8, 4) is 5.75 Å². The van der Waals surface area contributed by atoms with E-state index < -0.39 is 12.0 Å². The second-order valence-corrected chi connectivity index (χ2v) is 4.85. The van der Waals surface area contributed by atoms with E-state index in [0.717, 1.165) is 19.3 Å². The minimum Gasteiger partial charge on any atom is -0.478 e. The maximum absolute atomic E-state index is 11.9. The highest BCUT2D eigenvalue weighted by Gasteiger charge is 2.19. The molecule has 6 heteroatoms. The zero-order valence-corrected chi connectivity index (χ0v) is 12.5. The molecule has 0 aromatic heterocycles. The van der Waals surface area contributed by atoms with Gasteiger partial charge in [-0.3, -0.25) is 9.59 Å². The number of primary amides is 1. The number of nitrogens with one attached hydrogen (secondary N) is 1. The van der Waals surface area contributed by atoms with Gasteiger partial charge in [0.1, 0.15) is 0 Å². The zero-order valence-electron chi connectivity index (χ0n) is 12.5. The molecular formula is C15H23N3O3. The van der Waals surface area contributed by atoms with Gasteiger partial charge in [0.15, 0.2) is 11.9 Å². The third kappa shape index (κ3) is 4.98. The van der Waals surface area contributed by atoms with Crippen molar-refractivity contribution >= 4 is 17.5 Å². The van der Waals surface area contributed by atoms with Crippen LogP contribution in [0.4, 0.5) is 5.69 Å². The molecule has 1 atom stereocenters. The Morgan fingerprint density at radius 1 is 1.33 bits per heavy atom. The van der Waals surface area contributed by atoms with Crippen LogP contribution in [-0.2, 0) is 4.79 Å². The molecule has 0 aliphatic carbocycles. The monoisotopic (exact) mass is 293 g/mol. The number of nitrogens with two attached hydrogens (primary N) is 2. The van der Waals surface area contributed by atoms with Crippen molar-refractivity contribution in [2.45, 2.75) is 39.2 Å². The Labute approximate surface area is 124 Å². The number of hydrogen-bond acceptors (Lipinski definition) is 4. The summed E-state index contributed by atoms with van der Waals surface area (Å²) in [6.45, 7) is 4.30. The first-order valence-corrected chi connectivity index (χ1v) is 7.10. The summed E-state index contributed by atoms with van der Waals surface area (Å²) < 4.78 is 5.52. The summed E-state index contributed by atoms with van der Waals surface area (Å²) >= 11 is 0. The fourth-order valence-corrected chi connectivity index (χ4v) is 1.84. The van der Waals surface area contributed by atoms with Gasteiger partial charge >= 0.3 is 0 Å². The molecule has 1 aromatic rings. The third-order valence-corrected chi connectivity index (χ3v) is 3.05. The maximum Gasteiger partial charge on any atom is 0.260 e. The number of rotatable bonds is 8. The molecule has 1 unspecified atom stereocenters. The van der Waals surface area contributed by atoms with Crippen molar-refractivity contribution in [1.29, 1.82) is 0 Å². The Kier molecular flexibility index (Phi) is 6.52. The average molecular weight is 293 g/mol. The summed E-state index contributed by atoms with van der Waals surface area (Å²) in [5.41, 5.74) is 11.5. The number of carbonyl (C=O) groups excluding carboxylic acids is 2. The fraction of sp³-hybridized carbons (Fsp3) is 0.467. The second-order valence-electron chi connectivity index (χ2n) is 4.85. The predicted molar refractivity (Wildman–Crippen MR) is 82.0 cm³/mol. The minimum atomic E-state index is -0.755. The van der Waals surface area contributed by atoms with Crippen molar-refractivity contribution in [3.63, 3.8) is 0 Å². The van der Waals surface area contributed by atoms with E-state index in [0.29, 0.717) is 6.54 Å². The first kappa shape index (κ1) is 16.8. The molecule has 116 valence electrons. The number of anilines is 1. The van der Waals surface area contributed by atoms with Gasteiger partial charge in [-0.1, -0.05) is 25.8 Å². The van der Waals surface area contributed by atoms with Gasteiger partial charge in [-0.2, -0.15) is 0 Å². The van der Waals surface area contributed by atoms with E-state index in [-0.39, 0.29) is 22.9 Å². The normalized spacial score (nSPS) is 11.7. The molecule has 0 fully saturated rings. The summed E-state index contributed by atoms with van der Waals surface area (Å²) in [7, 11) is 0. The van der Waals surface area contributed by atoms with Crippen LogP contribution in [0.25, 0.3) is 0 Å². The molecule has 0 saturated carbocycles. The van der Waals surface area contributed by atoms with Crippen LogP contribution in [0.3, 0.4) is 0 Å². The standard InChI is InChI=1S/C15H23N3O3/c1-3-4-5-9-18-15(20)10(2)21-13-11(14(17)19)7-6-8-12(13)16/h6-8,10H,3-5,9,16H2,1-2H3,(H2,17,19)(H,18,20).